The number of aromatic nitrogens is 2. The molecule has 2 aromatic carbocycles. The molecule has 0 spiro atoms. The van der Waals surface area contributed by atoms with Crippen molar-refractivity contribution in [3.05, 3.63) is 48.0 Å². The Kier molecular flexibility index (Phi) is 7.36. The molecule has 1 saturated heterocycles. The molecule has 10 heteroatoms. The molecule has 0 bridgehead atoms. The molecule has 3 aromatic rings. The van der Waals surface area contributed by atoms with Gasteiger partial charge in [-0.25, -0.2) is 4.39 Å². The van der Waals surface area contributed by atoms with Crippen LogP contribution in [0.15, 0.2) is 47.0 Å². The second-order valence-corrected chi connectivity index (χ2v) is 9.77. The van der Waals surface area contributed by atoms with E-state index in [0.717, 1.165) is 23.4 Å². The van der Waals surface area contributed by atoms with E-state index in [1.54, 1.807) is 6.07 Å². The highest BCUT2D eigenvalue weighted by Crippen LogP contribution is 2.32. The Hall–Kier alpha value is -4.26. The summed E-state index contributed by atoms with van der Waals surface area (Å²) in [5.41, 5.74) is 3.58. The van der Waals surface area contributed by atoms with Gasteiger partial charge < -0.3 is 19.5 Å². The average molecular weight is 518 g/mol. The number of carbonyl (C=O) groups excluding carboxylic acids is 2. The number of esters is 2. The van der Waals surface area contributed by atoms with E-state index >= 15 is 0 Å². The molecule has 0 amide bonds. The number of halogens is 1. The molecule has 2 fully saturated rings. The summed E-state index contributed by atoms with van der Waals surface area (Å²) in [4.78, 5) is 29.5. The van der Waals surface area contributed by atoms with E-state index in [2.05, 4.69) is 21.5 Å². The van der Waals surface area contributed by atoms with Crippen LogP contribution in [0, 0.1) is 17.2 Å². The molecule has 1 saturated carbocycles. The highest BCUT2D eigenvalue weighted by atomic mass is 19.1. The van der Waals surface area contributed by atoms with Gasteiger partial charge in [-0.05, 0) is 74.6 Å². The van der Waals surface area contributed by atoms with Crippen molar-refractivity contribution < 1.29 is 23.2 Å². The molecule has 38 heavy (non-hydrogen) atoms. The lowest BCUT2D eigenvalue weighted by atomic mass is 10.0. The number of ether oxygens (including phenoxy) is 1. The zero-order valence-corrected chi connectivity index (χ0v) is 21.0. The average Bonchev–Trinajstić information content (AvgIpc) is 3.59. The van der Waals surface area contributed by atoms with E-state index < -0.39 is 18.1 Å². The van der Waals surface area contributed by atoms with Crippen LogP contribution in [0.3, 0.4) is 0 Å². The van der Waals surface area contributed by atoms with Gasteiger partial charge in [0, 0.05) is 42.9 Å². The van der Waals surface area contributed by atoms with Gasteiger partial charge in [0.25, 0.3) is 5.89 Å². The Morgan fingerprint density at radius 1 is 1.11 bits per heavy atom. The van der Waals surface area contributed by atoms with E-state index in [0.29, 0.717) is 61.6 Å². The smallest absolute Gasteiger partial charge is 0.316 e. The Balaban J connectivity index is 1.23. The van der Waals surface area contributed by atoms with E-state index in [1.165, 1.54) is 6.92 Å². The van der Waals surface area contributed by atoms with Gasteiger partial charge in [-0.15, -0.1) is 0 Å². The molecule has 2 atom stereocenters. The summed E-state index contributed by atoms with van der Waals surface area (Å²) in [6.07, 6.45) is 2.25. The van der Waals surface area contributed by atoms with E-state index in [4.69, 9.17) is 9.26 Å². The monoisotopic (exact) mass is 517 g/mol. The van der Waals surface area contributed by atoms with Crippen molar-refractivity contribution in [2.75, 3.05) is 23.3 Å². The summed E-state index contributed by atoms with van der Waals surface area (Å²) < 4.78 is 23.7. The fourth-order valence-electron chi connectivity index (χ4n) is 5.08. The molecule has 5 rings (SSSR count). The van der Waals surface area contributed by atoms with Crippen LogP contribution in [0.4, 0.5) is 15.8 Å². The Labute approximate surface area is 219 Å². The third-order valence-electron chi connectivity index (χ3n) is 7.08. The lowest BCUT2D eigenvalue weighted by Crippen LogP contribution is -2.34. The zero-order valence-electron chi connectivity index (χ0n) is 21.0. The Morgan fingerprint density at radius 3 is 2.55 bits per heavy atom. The van der Waals surface area contributed by atoms with Crippen LogP contribution in [0.1, 0.15) is 44.6 Å². The van der Waals surface area contributed by atoms with Crippen LogP contribution in [0.25, 0.3) is 22.8 Å². The maximum atomic E-state index is 13.5. The normalized spacial score (nSPS) is 19.7. The van der Waals surface area contributed by atoms with Gasteiger partial charge in [0.2, 0.25) is 5.82 Å². The summed E-state index contributed by atoms with van der Waals surface area (Å²) in [7, 11) is 0. The number of nitriles is 1. The van der Waals surface area contributed by atoms with Gasteiger partial charge in [0.1, 0.15) is 12.2 Å². The minimum atomic E-state index is -0.780. The number of nitrogens with one attached hydrogen (secondary N) is 1. The second-order valence-electron chi connectivity index (χ2n) is 9.77. The lowest BCUT2D eigenvalue weighted by molar-refractivity contribution is -0.161. The number of benzene rings is 2. The van der Waals surface area contributed by atoms with Gasteiger partial charge in [-0.3, -0.25) is 9.59 Å². The van der Waals surface area contributed by atoms with Crippen LogP contribution >= 0.6 is 0 Å². The highest BCUT2D eigenvalue weighted by Gasteiger charge is 2.31. The number of nitrogens with zero attached hydrogens (tertiary/aromatic N) is 4. The molecule has 9 nitrogen and oxygen atoms in total. The third kappa shape index (κ3) is 5.67. The zero-order chi connectivity index (χ0) is 26.6. The molecule has 1 aliphatic carbocycles. The van der Waals surface area contributed by atoms with E-state index in [-0.39, 0.29) is 12.0 Å². The second kappa shape index (κ2) is 11.0. The topological polar surface area (TPSA) is 121 Å². The maximum absolute atomic E-state index is 13.5. The minimum Gasteiger partial charge on any atom is -0.393 e. The van der Waals surface area contributed by atoms with Gasteiger partial charge >= 0.3 is 11.9 Å². The first-order valence-electron chi connectivity index (χ1n) is 12.8. The molecule has 196 valence electrons. The predicted molar refractivity (Wildman–Crippen MR) is 138 cm³/mol. The van der Waals surface area contributed by atoms with E-state index in [9.17, 15) is 19.2 Å². The van der Waals surface area contributed by atoms with Crippen LogP contribution in [0.5, 0.6) is 0 Å². The summed E-state index contributed by atoms with van der Waals surface area (Å²) in [5.74, 6) is -0.576. The van der Waals surface area contributed by atoms with Crippen LogP contribution in [-0.4, -0.2) is 47.4 Å². The summed E-state index contributed by atoms with van der Waals surface area (Å²) in [6.45, 7) is 2.40. The molecule has 1 aromatic heterocycles. The summed E-state index contributed by atoms with van der Waals surface area (Å²) >= 11 is 0. The molecular formula is C28H28FN5O4. The van der Waals surface area contributed by atoms with Crippen LogP contribution < -0.4 is 10.2 Å². The standard InChI is InChI=1S/C28H28FN5O4/c1-17(35)37-28(36)20-4-8-24(15-20)31-23-6-2-18(3-7-23)26-32-27(38-33-26)19-5-9-25(21(14-19)16-30)34-12-10-22(29)11-13-34/h2-3,5-7,9,14,20,22,24,31H,4,8,10-13,15H2,1H3/t20-,24+/m0/s1. The summed E-state index contributed by atoms with van der Waals surface area (Å²) in [6, 6.07) is 15.3. The van der Waals surface area contributed by atoms with E-state index in [1.807, 2.05) is 41.3 Å². The number of anilines is 2. The molecule has 0 unspecified atom stereocenters. The van der Waals surface area contributed by atoms with Gasteiger partial charge in [0.15, 0.2) is 0 Å². The Morgan fingerprint density at radius 2 is 1.84 bits per heavy atom. The van der Waals surface area contributed by atoms with Crippen molar-refractivity contribution in [3.8, 4) is 28.9 Å². The third-order valence-corrected chi connectivity index (χ3v) is 7.08. The number of alkyl halides is 1. The Bertz CT molecular complexity index is 1360. The number of hydrogen-bond donors (Lipinski definition) is 1. The van der Waals surface area contributed by atoms with Gasteiger partial charge in [0.05, 0.1) is 17.2 Å². The van der Waals surface area contributed by atoms with Crippen LogP contribution in [-0.2, 0) is 14.3 Å². The molecule has 2 heterocycles. The number of rotatable bonds is 6. The largest absolute Gasteiger partial charge is 0.393 e. The first-order valence-corrected chi connectivity index (χ1v) is 12.8. The molecular weight excluding hydrogens is 489 g/mol. The number of piperidine rings is 1. The predicted octanol–water partition coefficient (Wildman–Crippen LogP) is 4.88. The van der Waals surface area contributed by atoms with Crippen molar-refractivity contribution in [2.24, 2.45) is 5.92 Å². The van der Waals surface area contributed by atoms with Gasteiger partial charge in [-0.1, -0.05) is 5.16 Å². The number of hydrogen-bond acceptors (Lipinski definition) is 9. The first-order chi connectivity index (χ1) is 18.4. The van der Waals surface area contributed by atoms with Crippen molar-refractivity contribution in [1.82, 2.24) is 10.1 Å². The van der Waals surface area contributed by atoms with Crippen molar-refractivity contribution in [2.45, 2.75) is 51.2 Å². The fourth-order valence-corrected chi connectivity index (χ4v) is 5.08. The molecule has 1 N–H and O–H groups in total. The molecule has 2 aliphatic rings. The summed E-state index contributed by atoms with van der Waals surface area (Å²) in [5, 5.41) is 17.2. The van der Waals surface area contributed by atoms with Crippen molar-refractivity contribution in [1.29, 1.82) is 5.26 Å². The molecule has 1 aliphatic heterocycles. The molecule has 0 radical (unpaired) electrons. The number of carbonyl (C=O) groups is 2. The minimum absolute atomic E-state index is 0.114. The SMILES string of the molecule is CC(=O)OC(=O)[C@H]1CC[C@@H](Nc2ccc(-c3noc(-c4ccc(N5CCC(F)CC5)c(C#N)c4)n3)cc2)C1. The fraction of sp³-hybridized carbons (Fsp3) is 0.393. The van der Waals surface area contributed by atoms with Crippen LogP contribution in [0.2, 0.25) is 0 Å². The first kappa shape index (κ1) is 25.4. The van der Waals surface area contributed by atoms with Gasteiger partial charge in [-0.2, -0.15) is 10.2 Å². The van der Waals surface area contributed by atoms with Crippen molar-refractivity contribution >= 4 is 23.3 Å². The van der Waals surface area contributed by atoms with Crippen molar-refractivity contribution in [3.63, 3.8) is 0 Å². The lowest BCUT2D eigenvalue weighted by Gasteiger charge is -2.31. The maximum Gasteiger partial charge on any atom is 0.316 e. The highest BCUT2D eigenvalue weighted by molar-refractivity contribution is 5.85. The quantitative estimate of drug-likeness (QED) is 0.360.